The standard InChI is InChI=1S/C11H10N2O4/c14-6-5-12-10-3-2-9(13(16)17)7-8(10)1-4-11(12)15/h2-3,6-7H,1,4-5H2. The molecule has 1 aliphatic rings. The number of benzene rings is 1. The lowest BCUT2D eigenvalue weighted by Gasteiger charge is -2.27. The van der Waals surface area contributed by atoms with Gasteiger partial charge in [0.1, 0.15) is 6.29 Å². The molecule has 6 nitrogen and oxygen atoms in total. The van der Waals surface area contributed by atoms with Gasteiger partial charge in [0, 0.05) is 24.2 Å². The van der Waals surface area contributed by atoms with Gasteiger partial charge in [0.2, 0.25) is 5.91 Å². The van der Waals surface area contributed by atoms with Gasteiger partial charge in [0.25, 0.3) is 5.69 Å². The van der Waals surface area contributed by atoms with E-state index in [0.29, 0.717) is 18.4 Å². The molecule has 2 rings (SSSR count). The smallest absolute Gasteiger partial charge is 0.269 e. The molecule has 0 aliphatic carbocycles. The van der Waals surface area contributed by atoms with Gasteiger partial charge in [-0.25, -0.2) is 0 Å². The maximum atomic E-state index is 11.6. The first kappa shape index (κ1) is 11.3. The minimum Gasteiger partial charge on any atom is -0.305 e. The number of carbonyl (C=O) groups is 2. The van der Waals surface area contributed by atoms with Crippen molar-refractivity contribution in [2.24, 2.45) is 0 Å². The first-order chi connectivity index (χ1) is 8.13. The van der Waals surface area contributed by atoms with Crippen LogP contribution >= 0.6 is 0 Å². The van der Waals surface area contributed by atoms with Crippen LogP contribution in [0.15, 0.2) is 18.2 Å². The molecule has 1 aromatic rings. The van der Waals surface area contributed by atoms with Crippen molar-refractivity contribution >= 4 is 23.6 Å². The van der Waals surface area contributed by atoms with Gasteiger partial charge in [-0.3, -0.25) is 14.9 Å². The van der Waals surface area contributed by atoms with Crippen molar-refractivity contribution in [1.82, 2.24) is 0 Å². The fourth-order valence-corrected chi connectivity index (χ4v) is 1.93. The van der Waals surface area contributed by atoms with E-state index in [0.717, 1.165) is 5.56 Å². The van der Waals surface area contributed by atoms with Crippen molar-refractivity contribution in [2.75, 3.05) is 11.4 Å². The zero-order chi connectivity index (χ0) is 12.4. The summed E-state index contributed by atoms with van der Waals surface area (Å²) in [6.07, 6.45) is 1.40. The Hall–Kier alpha value is -2.24. The Morgan fingerprint density at radius 2 is 2.18 bits per heavy atom. The van der Waals surface area contributed by atoms with Crippen LogP contribution in [0.3, 0.4) is 0 Å². The summed E-state index contributed by atoms with van der Waals surface area (Å²) in [6.45, 7) is -0.0103. The van der Waals surface area contributed by atoms with E-state index < -0.39 is 4.92 Å². The first-order valence-electron chi connectivity index (χ1n) is 5.15. The average Bonchev–Trinajstić information content (AvgIpc) is 2.32. The Balaban J connectivity index is 2.43. The van der Waals surface area contributed by atoms with E-state index in [4.69, 9.17) is 0 Å². The van der Waals surface area contributed by atoms with Crippen LogP contribution in [-0.4, -0.2) is 23.7 Å². The molecule has 0 bridgehead atoms. The van der Waals surface area contributed by atoms with Gasteiger partial charge in [0.15, 0.2) is 0 Å². The van der Waals surface area contributed by atoms with E-state index in [1.807, 2.05) is 0 Å². The van der Waals surface area contributed by atoms with Gasteiger partial charge in [-0.2, -0.15) is 0 Å². The zero-order valence-electron chi connectivity index (χ0n) is 8.96. The van der Waals surface area contributed by atoms with E-state index >= 15 is 0 Å². The van der Waals surface area contributed by atoms with E-state index in [9.17, 15) is 19.7 Å². The molecular formula is C11H10N2O4. The summed E-state index contributed by atoms with van der Waals surface area (Å²) in [4.78, 5) is 33.6. The van der Waals surface area contributed by atoms with Crippen LogP contribution in [-0.2, 0) is 16.0 Å². The largest absolute Gasteiger partial charge is 0.305 e. The fourth-order valence-electron chi connectivity index (χ4n) is 1.93. The summed E-state index contributed by atoms with van der Waals surface area (Å²) in [6, 6.07) is 4.32. The van der Waals surface area contributed by atoms with Crippen molar-refractivity contribution in [2.45, 2.75) is 12.8 Å². The number of aryl methyl sites for hydroxylation is 1. The Bertz CT molecular complexity index is 498. The number of hydrogen-bond donors (Lipinski definition) is 0. The van der Waals surface area contributed by atoms with Crippen LogP contribution in [0.25, 0.3) is 0 Å². The normalized spacial score (nSPS) is 14.4. The maximum absolute atomic E-state index is 11.6. The zero-order valence-corrected chi connectivity index (χ0v) is 8.96. The van der Waals surface area contributed by atoms with Crippen molar-refractivity contribution in [3.8, 4) is 0 Å². The minimum atomic E-state index is -0.471. The molecule has 0 N–H and O–H groups in total. The lowest BCUT2D eigenvalue weighted by atomic mass is 10.0. The molecule has 1 aromatic carbocycles. The number of non-ortho nitro benzene ring substituents is 1. The fraction of sp³-hybridized carbons (Fsp3) is 0.273. The summed E-state index contributed by atoms with van der Waals surface area (Å²) < 4.78 is 0. The van der Waals surface area contributed by atoms with Gasteiger partial charge in [0.05, 0.1) is 11.5 Å². The molecule has 1 aliphatic heterocycles. The Kier molecular flexibility index (Phi) is 2.86. The number of fused-ring (bicyclic) bond motifs is 1. The Labute approximate surface area is 97.0 Å². The SMILES string of the molecule is O=CCN1C(=O)CCc2cc([N+](=O)[O-])ccc21. The second-order valence-corrected chi connectivity index (χ2v) is 3.74. The third kappa shape index (κ3) is 2.01. The molecule has 0 unspecified atom stereocenters. The highest BCUT2D eigenvalue weighted by atomic mass is 16.6. The molecule has 1 amide bonds. The van der Waals surface area contributed by atoms with Gasteiger partial charge in [-0.15, -0.1) is 0 Å². The third-order valence-electron chi connectivity index (χ3n) is 2.73. The van der Waals surface area contributed by atoms with Crippen LogP contribution in [0.2, 0.25) is 0 Å². The van der Waals surface area contributed by atoms with Gasteiger partial charge >= 0.3 is 0 Å². The van der Waals surface area contributed by atoms with E-state index in [2.05, 4.69) is 0 Å². The molecule has 17 heavy (non-hydrogen) atoms. The van der Waals surface area contributed by atoms with Gasteiger partial charge in [-0.05, 0) is 18.1 Å². The molecule has 0 atom stereocenters. The molecule has 0 saturated heterocycles. The summed E-state index contributed by atoms with van der Waals surface area (Å²) in [5.74, 6) is -0.126. The third-order valence-corrected chi connectivity index (χ3v) is 2.73. The number of nitrogens with zero attached hydrogens (tertiary/aromatic N) is 2. The lowest BCUT2D eigenvalue weighted by molar-refractivity contribution is -0.384. The number of carbonyl (C=O) groups excluding carboxylic acids is 2. The molecule has 88 valence electrons. The number of aldehydes is 1. The van der Waals surface area contributed by atoms with Crippen LogP contribution in [0.1, 0.15) is 12.0 Å². The molecule has 0 radical (unpaired) electrons. The molecule has 0 fully saturated rings. The van der Waals surface area contributed by atoms with Gasteiger partial charge < -0.3 is 9.69 Å². The monoisotopic (exact) mass is 234 g/mol. The van der Waals surface area contributed by atoms with Crippen molar-refractivity contribution in [1.29, 1.82) is 0 Å². The number of amides is 1. The van der Waals surface area contributed by atoms with Crippen molar-refractivity contribution in [3.05, 3.63) is 33.9 Å². The minimum absolute atomic E-state index is 0.00384. The van der Waals surface area contributed by atoms with Crippen LogP contribution in [0.4, 0.5) is 11.4 Å². The van der Waals surface area contributed by atoms with Crippen LogP contribution in [0, 0.1) is 10.1 Å². The maximum Gasteiger partial charge on any atom is 0.269 e. The lowest BCUT2D eigenvalue weighted by Crippen LogP contribution is -2.36. The first-order valence-corrected chi connectivity index (χ1v) is 5.15. The second-order valence-electron chi connectivity index (χ2n) is 3.74. The summed E-state index contributed by atoms with van der Waals surface area (Å²) in [7, 11) is 0. The molecule has 0 saturated carbocycles. The average molecular weight is 234 g/mol. The molecule has 1 heterocycles. The predicted octanol–water partition coefficient (Wildman–Crippen LogP) is 1.07. The Morgan fingerprint density at radius 3 is 2.82 bits per heavy atom. The highest BCUT2D eigenvalue weighted by Gasteiger charge is 2.25. The summed E-state index contributed by atoms with van der Waals surface area (Å²) in [5, 5.41) is 10.6. The molecule has 6 heteroatoms. The summed E-state index contributed by atoms with van der Waals surface area (Å²) >= 11 is 0. The number of nitro benzene ring substituents is 1. The number of anilines is 1. The quantitative estimate of drug-likeness (QED) is 0.445. The number of hydrogen-bond acceptors (Lipinski definition) is 4. The van der Waals surface area contributed by atoms with Crippen LogP contribution in [0.5, 0.6) is 0 Å². The molecule has 0 spiro atoms. The topological polar surface area (TPSA) is 80.5 Å². The summed E-state index contributed by atoms with van der Waals surface area (Å²) in [5.41, 5.74) is 1.34. The molecule has 0 aromatic heterocycles. The number of nitro groups is 1. The van der Waals surface area contributed by atoms with Crippen LogP contribution < -0.4 is 4.90 Å². The molecular weight excluding hydrogens is 224 g/mol. The number of rotatable bonds is 3. The Morgan fingerprint density at radius 1 is 1.41 bits per heavy atom. The van der Waals surface area contributed by atoms with Crippen molar-refractivity contribution < 1.29 is 14.5 Å². The van der Waals surface area contributed by atoms with E-state index in [-0.39, 0.29) is 24.6 Å². The second kappa shape index (κ2) is 4.32. The highest BCUT2D eigenvalue weighted by Crippen LogP contribution is 2.30. The predicted molar refractivity (Wildman–Crippen MR) is 59.8 cm³/mol. The van der Waals surface area contributed by atoms with E-state index in [1.165, 1.54) is 23.1 Å². The highest BCUT2D eigenvalue weighted by molar-refractivity contribution is 5.98. The van der Waals surface area contributed by atoms with Crippen molar-refractivity contribution in [3.63, 3.8) is 0 Å². The van der Waals surface area contributed by atoms with Gasteiger partial charge in [-0.1, -0.05) is 0 Å². The van der Waals surface area contributed by atoms with E-state index in [1.54, 1.807) is 0 Å².